The summed E-state index contributed by atoms with van der Waals surface area (Å²) in [6.07, 6.45) is 3.93. The Morgan fingerprint density at radius 2 is 1.73 bits per heavy atom. The van der Waals surface area contributed by atoms with Crippen molar-refractivity contribution >= 4 is 11.6 Å². The molecule has 1 aliphatic carbocycles. The van der Waals surface area contributed by atoms with Gasteiger partial charge in [-0.1, -0.05) is 42.0 Å². The number of pyridine rings is 1. The monoisotopic (exact) mass is 287 g/mol. The highest BCUT2D eigenvalue weighted by Gasteiger charge is 2.24. The van der Waals surface area contributed by atoms with Crippen LogP contribution in [0.15, 0.2) is 60.8 Å². The summed E-state index contributed by atoms with van der Waals surface area (Å²) in [5, 5.41) is 0. The van der Waals surface area contributed by atoms with E-state index in [-0.39, 0.29) is 5.82 Å². The van der Waals surface area contributed by atoms with E-state index in [9.17, 15) is 4.39 Å². The van der Waals surface area contributed by atoms with E-state index in [1.807, 2.05) is 12.3 Å². The van der Waals surface area contributed by atoms with Crippen molar-refractivity contribution in [1.82, 2.24) is 4.98 Å². The predicted octanol–water partition coefficient (Wildman–Crippen LogP) is 5.10. The molecular weight excluding hydrogens is 273 g/mol. The van der Waals surface area contributed by atoms with E-state index in [2.05, 4.69) is 42.2 Å². The molecule has 0 aliphatic heterocycles. The van der Waals surface area contributed by atoms with Crippen LogP contribution in [0.5, 0.6) is 0 Å². The Hall–Kier alpha value is -2.74. The van der Waals surface area contributed by atoms with Crippen molar-refractivity contribution in [1.29, 1.82) is 0 Å². The zero-order valence-electron chi connectivity index (χ0n) is 12.2. The van der Waals surface area contributed by atoms with Gasteiger partial charge in [0.1, 0.15) is 5.82 Å². The highest BCUT2D eigenvalue weighted by molar-refractivity contribution is 6.05. The maximum Gasteiger partial charge on any atom is 0.123 e. The first-order valence-corrected chi connectivity index (χ1v) is 7.26. The van der Waals surface area contributed by atoms with E-state index in [0.29, 0.717) is 0 Å². The molecule has 106 valence electrons. The highest BCUT2D eigenvalue weighted by Crippen LogP contribution is 2.43. The molecule has 3 aromatic rings. The van der Waals surface area contributed by atoms with Gasteiger partial charge in [0.15, 0.2) is 0 Å². The van der Waals surface area contributed by atoms with Crippen molar-refractivity contribution in [2.45, 2.75) is 6.92 Å². The minimum absolute atomic E-state index is 0.216. The van der Waals surface area contributed by atoms with Crippen molar-refractivity contribution < 1.29 is 4.39 Å². The lowest BCUT2D eigenvalue weighted by molar-refractivity contribution is 0.628. The van der Waals surface area contributed by atoms with Gasteiger partial charge in [0.2, 0.25) is 0 Å². The third kappa shape index (κ3) is 2.04. The average molecular weight is 287 g/mol. The van der Waals surface area contributed by atoms with Gasteiger partial charge in [-0.2, -0.15) is 0 Å². The number of rotatable bonds is 1. The number of benzene rings is 2. The number of aromatic nitrogens is 1. The van der Waals surface area contributed by atoms with E-state index >= 15 is 0 Å². The Balaban J connectivity index is 1.96. The van der Waals surface area contributed by atoms with Crippen LogP contribution in [-0.2, 0) is 0 Å². The molecule has 1 aliphatic rings. The Bertz CT molecular complexity index is 892. The van der Waals surface area contributed by atoms with Gasteiger partial charge in [0.25, 0.3) is 0 Å². The Morgan fingerprint density at radius 3 is 2.55 bits per heavy atom. The minimum atomic E-state index is -0.216. The van der Waals surface area contributed by atoms with Gasteiger partial charge >= 0.3 is 0 Å². The van der Waals surface area contributed by atoms with E-state index in [1.54, 1.807) is 12.1 Å². The van der Waals surface area contributed by atoms with Gasteiger partial charge in [-0.3, -0.25) is 4.98 Å². The molecule has 0 atom stereocenters. The van der Waals surface area contributed by atoms with Crippen LogP contribution in [0.1, 0.15) is 22.3 Å². The van der Waals surface area contributed by atoms with Gasteiger partial charge in [-0.25, -0.2) is 4.39 Å². The Morgan fingerprint density at radius 1 is 0.909 bits per heavy atom. The summed E-state index contributed by atoms with van der Waals surface area (Å²) in [6.45, 7) is 2.09. The fourth-order valence-corrected chi connectivity index (χ4v) is 2.95. The van der Waals surface area contributed by atoms with E-state index < -0.39 is 0 Å². The molecule has 4 rings (SSSR count). The molecule has 22 heavy (non-hydrogen) atoms. The summed E-state index contributed by atoms with van der Waals surface area (Å²) in [5.74, 6) is -0.216. The van der Waals surface area contributed by atoms with Gasteiger partial charge in [0, 0.05) is 17.3 Å². The van der Waals surface area contributed by atoms with E-state index in [0.717, 1.165) is 28.0 Å². The lowest BCUT2D eigenvalue weighted by Gasteiger charge is -2.04. The summed E-state index contributed by atoms with van der Waals surface area (Å²) < 4.78 is 13.1. The second-order valence-corrected chi connectivity index (χ2v) is 5.56. The summed E-state index contributed by atoms with van der Waals surface area (Å²) in [6, 6.07) is 17.0. The van der Waals surface area contributed by atoms with E-state index in [1.165, 1.54) is 23.3 Å². The fourth-order valence-electron chi connectivity index (χ4n) is 2.95. The molecule has 1 nitrogen and oxygen atoms in total. The van der Waals surface area contributed by atoms with Crippen LogP contribution in [0.25, 0.3) is 22.9 Å². The predicted molar refractivity (Wildman–Crippen MR) is 87.8 cm³/mol. The van der Waals surface area contributed by atoms with Crippen molar-refractivity contribution in [3.8, 4) is 11.3 Å². The standard InChI is InChI=1S/C20H14FN/c1-13-4-9-17-18(11-13)19(16-3-2-10-22-20(16)17)12-14-5-7-15(21)8-6-14/h2-12H,1H3/b19-12-. The van der Waals surface area contributed by atoms with Crippen LogP contribution >= 0.6 is 0 Å². The summed E-state index contributed by atoms with van der Waals surface area (Å²) in [7, 11) is 0. The molecule has 0 radical (unpaired) electrons. The molecule has 0 spiro atoms. The zero-order valence-corrected chi connectivity index (χ0v) is 12.2. The normalized spacial score (nSPS) is 14.0. The molecule has 0 saturated carbocycles. The fraction of sp³-hybridized carbons (Fsp3) is 0.0500. The van der Waals surface area contributed by atoms with Gasteiger partial charge in [-0.15, -0.1) is 0 Å². The first-order chi connectivity index (χ1) is 10.7. The van der Waals surface area contributed by atoms with Crippen LogP contribution in [0.3, 0.4) is 0 Å². The zero-order chi connectivity index (χ0) is 15.1. The maximum absolute atomic E-state index is 13.1. The number of hydrogen-bond acceptors (Lipinski definition) is 1. The highest BCUT2D eigenvalue weighted by atomic mass is 19.1. The van der Waals surface area contributed by atoms with Crippen molar-refractivity contribution in [3.05, 3.63) is 88.9 Å². The topological polar surface area (TPSA) is 12.9 Å². The van der Waals surface area contributed by atoms with Crippen LogP contribution in [0.2, 0.25) is 0 Å². The summed E-state index contributed by atoms with van der Waals surface area (Å²) in [4.78, 5) is 4.54. The second-order valence-electron chi connectivity index (χ2n) is 5.56. The maximum atomic E-state index is 13.1. The lowest BCUT2D eigenvalue weighted by Crippen LogP contribution is -1.84. The Kier molecular flexibility index (Phi) is 2.90. The lowest BCUT2D eigenvalue weighted by atomic mass is 10.00. The van der Waals surface area contributed by atoms with E-state index in [4.69, 9.17) is 0 Å². The molecule has 2 aromatic carbocycles. The third-order valence-electron chi connectivity index (χ3n) is 4.00. The van der Waals surface area contributed by atoms with Crippen LogP contribution < -0.4 is 0 Å². The number of hydrogen-bond donors (Lipinski definition) is 0. The molecule has 2 heteroatoms. The summed E-state index contributed by atoms with van der Waals surface area (Å²) >= 11 is 0. The number of halogens is 1. The quantitative estimate of drug-likeness (QED) is 0.474. The molecular formula is C20H14FN. The molecule has 1 aromatic heterocycles. The summed E-state index contributed by atoms with van der Waals surface area (Å²) in [5.41, 5.74) is 7.86. The van der Waals surface area contributed by atoms with Gasteiger partial charge in [0.05, 0.1) is 5.69 Å². The van der Waals surface area contributed by atoms with Crippen molar-refractivity contribution in [2.75, 3.05) is 0 Å². The number of aryl methyl sites for hydroxylation is 1. The number of nitrogens with zero attached hydrogens (tertiary/aromatic N) is 1. The Labute approximate surface area is 128 Å². The van der Waals surface area contributed by atoms with Crippen molar-refractivity contribution in [2.24, 2.45) is 0 Å². The van der Waals surface area contributed by atoms with Gasteiger partial charge in [-0.05, 0) is 47.9 Å². The molecule has 0 N–H and O–H groups in total. The van der Waals surface area contributed by atoms with Crippen LogP contribution in [0, 0.1) is 12.7 Å². The SMILES string of the molecule is Cc1ccc2c(c1)/C(=C\c1ccc(F)cc1)c1cccnc1-2. The van der Waals surface area contributed by atoms with Crippen molar-refractivity contribution in [3.63, 3.8) is 0 Å². The molecule has 0 saturated heterocycles. The average Bonchev–Trinajstić information content (AvgIpc) is 2.83. The van der Waals surface area contributed by atoms with Gasteiger partial charge < -0.3 is 0 Å². The largest absolute Gasteiger partial charge is 0.256 e. The molecule has 0 fully saturated rings. The first kappa shape index (κ1) is 13.0. The molecule has 0 amide bonds. The molecule has 0 bridgehead atoms. The first-order valence-electron chi connectivity index (χ1n) is 7.26. The molecule has 0 unspecified atom stereocenters. The molecule has 1 heterocycles. The third-order valence-corrected chi connectivity index (χ3v) is 4.00. The second kappa shape index (κ2) is 4.92. The van der Waals surface area contributed by atoms with Crippen LogP contribution in [0.4, 0.5) is 4.39 Å². The minimum Gasteiger partial charge on any atom is -0.256 e. The number of fused-ring (bicyclic) bond motifs is 3. The van der Waals surface area contributed by atoms with Crippen LogP contribution in [-0.4, -0.2) is 4.98 Å². The smallest absolute Gasteiger partial charge is 0.123 e.